The standard InChI is InChI=1S/C6H12N4/c1-9(2)6(3-7)4-10(8)5-6/h4-5,8H2,1-2H3. The lowest BCUT2D eigenvalue weighted by Crippen LogP contribution is -2.69. The van der Waals surface area contributed by atoms with Gasteiger partial charge in [-0.25, -0.2) is 5.01 Å². The number of hydrogen-bond donors (Lipinski definition) is 1. The second kappa shape index (κ2) is 2.20. The molecule has 0 unspecified atom stereocenters. The Balaban J connectivity index is 2.59. The Morgan fingerprint density at radius 1 is 1.60 bits per heavy atom. The van der Waals surface area contributed by atoms with Crippen molar-refractivity contribution >= 4 is 0 Å². The molecule has 0 amide bonds. The van der Waals surface area contributed by atoms with Gasteiger partial charge in [-0.1, -0.05) is 0 Å². The largest absolute Gasteiger partial charge is 0.289 e. The molecular weight excluding hydrogens is 128 g/mol. The molecule has 0 atom stereocenters. The van der Waals surface area contributed by atoms with Gasteiger partial charge in [-0.2, -0.15) is 5.26 Å². The van der Waals surface area contributed by atoms with Crippen molar-refractivity contribution in [1.29, 1.82) is 5.26 Å². The van der Waals surface area contributed by atoms with Gasteiger partial charge in [0, 0.05) is 13.1 Å². The Kier molecular flexibility index (Phi) is 1.65. The van der Waals surface area contributed by atoms with Crippen molar-refractivity contribution in [2.45, 2.75) is 5.54 Å². The minimum Gasteiger partial charge on any atom is -0.289 e. The highest BCUT2D eigenvalue weighted by Gasteiger charge is 2.44. The number of nitrogens with two attached hydrogens (primary N) is 1. The predicted molar refractivity (Wildman–Crippen MR) is 37.8 cm³/mol. The summed E-state index contributed by atoms with van der Waals surface area (Å²) in [7, 11) is 3.80. The van der Waals surface area contributed by atoms with Crippen LogP contribution in [0.4, 0.5) is 0 Å². The molecule has 0 aromatic rings. The van der Waals surface area contributed by atoms with E-state index in [1.165, 1.54) is 0 Å². The van der Waals surface area contributed by atoms with Gasteiger partial charge in [-0.05, 0) is 14.1 Å². The summed E-state index contributed by atoms with van der Waals surface area (Å²) in [5.74, 6) is 5.42. The lowest BCUT2D eigenvalue weighted by molar-refractivity contribution is 0.0115. The fourth-order valence-corrected chi connectivity index (χ4v) is 1.08. The molecule has 2 N–H and O–H groups in total. The van der Waals surface area contributed by atoms with E-state index in [0.29, 0.717) is 13.1 Å². The van der Waals surface area contributed by atoms with E-state index in [1.807, 2.05) is 19.0 Å². The van der Waals surface area contributed by atoms with Crippen molar-refractivity contribution in [2.75, 3.05) is 27.2 Å². The zero-order valence-electron chi connectivity index (χ0n) is 6.33. The lowest BCUT2D eigenvalue weighted by Gasteiger charge is -2.46. The van der Waals surface area contributed by atoms with Gasteiger partial charge in [-0.3, -0.25) is 10.7 Å². The quantitative estimate of drug-likeness (QED) is 0.475. The van der Waals surface area contributed by atoms with E-state index in [-0.39, 0.29) is 5.54 Å². The number of likely N-dealkylation sites (N-methyl/N-ethyl adjacent to an activating group) is 1. The predicted octanol–water partition coefficient (Wildman–Crippen LogP) is -1.00. The van der Waals surface area contributed by atoms with Crippen molar-refractivity contribution in [3.8, 4) is 6.07 Å². The molecule has 0 aromatic carbocycles. The summed E-state index contributed by atoms with van der Waals surface area (Å²) in [6, 6.07) is 2.25. The first kappa shape index (κ1) is 7.48. The van der Waals surface area contributed by atoms with Crippen LogP contribution in [0, 0.1) is 11.3 Å². The number of nitriles is 1. The van der Waals surface area contributed by atoms with Crippen molar-refractivity contribution in [3.63, 3.8) is 0 Å². The lowest BCUT2D eigenvalue weighted by atomic mass is 9.92. The van der Waals surface area contributed by atoms with E-state index < -0.39 is 0 Å². The molecule has 1 saturated heterocycles. The van der Waals surface area contributed by atoms with Crippen molar-refractivity contribution in [3.05, 3.63) is 0 Å². The third-order valence-corrected chi connectivity index (χ3v) is 1.99. The highest BCUT2D eigenvalue weighted by Crippen LogP contribution is 2.21. The Labute approximate surface area is 60.8 Å². The van der Waals surface area contributed by atoms with Crippen molar-refractivity contribution < 1.29 is 0 Å². The van der Waals surface area contributed by atoms with Crippen LogP contribution in [0.1, 0.15) is 0 Å². The van der Waals surface area contributed by atoms with Crippen LogP contribution in [0.15, 0.2) is 0 Å². The first-order chi connectivity index (χ1) is 4.60. The summed E-state index contributed by atoms with van der Waals surface area (Å²) in [5.41, 5.74) is -0.325. The maximum Gasteiger partial charge on any atom is 0.137 e. The summed E-state index contributed by atoms with van der Waals surface area (Å²) in [6.45, 7) is 1.30. The Morgan fingerprint density at radius 2 is 2.10 bits per heavy atom. The van der Waals surface area contributed by atoms with Gasteiger partial charge in [0.15, 0.2) is 0 Å². The molecule has 1 aliphatic rings. The van der Waals surface area contributed by atoms with E-state index in [0.717, 1.165) is 0 Å². The first-order valence-corrected chi connectivity index (χ1v) is 3.19. The van der Waals surface area contributed by atoms with Crippen LogP contribution in [0.3, 0.4) is 0 Å². The highest BCUT2D eigenvalue weighted by molar-refractivity contribution is 5.16. The van der Waals surface area contributed by atoms with Crippen LogP contribution in [-0.2, 0) is 0 Å². The van der Waals surface area contributed by atoms with E-state index in [9.17, 15) is 0 Å². The smallest absolute Gasteiger partial charge is 0.137 e. The molecule has 1 fully saturated rings. The summed E-state index contributed by atoms with van der Waals surface area (Å²) >= 11 is 0. The molecule has 1 heterocycles. The Bertz CT molecular complexity index is 163. The fourth-order valence-electron chi connectivity index (χ4n) is 1.08. The topological polar surface area (TPSA) is 56.3 Å². The summed E-state index contributed by atoms with van der Waals surface area (Å²) in [4.78, 5) is 1.91. The molecular formula is C6H12N4. The minimum absolute atomic E-state index is 0.325. The van der Waals surface area contributed by atoms with E-state index in [1.54, 1.807) is 5.01 Å². The van der Waals surface area contributed by atoms with Crippen LogP contribution in [0.2, 0.25) is 0 Å². The van der Waals surface area contributed by atoms with Crippen LogP contribution >= 0.6 is 0 Å². The van der Waals surface area contributed by atoms with Crippen LogP contribution in [0.25, 0.3) is 0 Å². The third kappa shape index (κ3) is 0.886. The number of hydrogen-bond acceptors (Lipinski definition) is 4. The van der Waals surface area contributed by atoms with E-state index in [4.69, 9.17) is 11.1 Å². The molecule has 0 bridgehead atoms. The Hall–Kier alpha value is -0.630. The molecule has 0 spiro atoms. The van der Waals surface area contributed by atoms with E-state index >= 15 is 0 Å². The molecule has 10 heavy (non-hydrogen) atoms. The van der Waals surface area contributed by atoms with Gasteiger partial charge < -0.3 is 0 Å². The van der Waals surface area contributed by atoms with Gasteiger partial charge in [0.05, 0.1) is 6.07 Å². The van der Waals surface area contributed by atoms with Gasteiger partial charge in [0.1, 0.15) is 5.54 Å². The second-order valence-electron chi connectivity index (χ2n) is 2.94. The number of rotatable bonds is 1. The van der Waals surface area contributed by atoms with Crippen molar-refractivity contribution in [2.24, 2.45) is 5.84 Å². The van der Waals surface area contributed by atoms with Gasteiger partial charge in [-0.15, -0.1) is 0 Å². The highest BCUT2D eigenvalue weighted by atomic mass is 15.5. The van der Waals surface area contributed by atoms with Crippen LogP contribution in [-0.4, -0.2) is 42.6 Å². The SMILES string of the molecule is CN(C)C1(C#N)CN(N)C1. The van der Waals surface area contributed by atoms with Gasteiger partial charge >= 0.3 is 0 Å². The average molecular weight is 140 g/mol. The monoisotopic (exact) mass is 140 g/mol. The minimum atomic E-state index is -0.325. The fraction of sp³-hybridized carbons (Fsp3) is 0.833. The average Bonchev–Trinajstić information content (AvgIpc) is 1.79. The molecule has 4 nitrogen and oxygen atoms in total. The van der Waals surface area contributed by atoms with Crippen molar-refractivity contribution in [1.82, 2.24) is 9.91 Å². The zero-order chi connectivity index (χ0) is 7.78. The summed E-state index contributed by atoms with van der Waals surface area (Å²) in [6.07, 6.45) is 0. The van der Waals surface area contributed by atoms with Crippen LogP contribution in [0.5, 0.6) is 0 Å². The second-order valence-corrected chi connectivity index (χ2v) is 2.94. The molecule has 56 valence electrons. The zero-order valence-corrected chi connectivity index (χ0v) is 6.33. The number of hydrazine groups is 1. The van der Waals surface area contributed by atoms with Crippen LogP contribution < -0.4 is 5.84 Å². The maximum absolute atomic E-state index is 8.75. The molecule has 0 aliphatic carbocycles. The third-order valence-electron chi connectivity index (χ3n) is 1.99. The molecule has 1 rings (SSSR count). The first-order valence-electron chi connectivity index (χ1n) is 3.19. The maximum atomic E-state index is 8.75. The summed E-state index contributed by atoms with van der Waals surface area (Å²) in [5, 5.41) is 10.4. The van der Waals surface area contributed by atoms with Gasteiger partial charge in [0.2, 0.25) is 0 Å². The summed E-state index contributed by atoms with van der Waals surface area (Å²) < 4.78 is 0. The number of nitrogens with zero attached hydrogens (tertiary/aromatic N) is 3. The Morgan fingerprint density at radius 3 is 2.20 bits per heavy atom. The molecule has 1 aliphatic heterocycles. The van der Waals surface area contributed by atoms with E-state index in [2.05, 4.69) is 6.07 Å². The molecule has 0 saturated carbocycles. The molecule has 0 radical (unpaired) electrons. The molecule has 4 heteroatoms. The van der Waals surface area contributed by atoms with Gasteiger partial charge in [0.25, 0.3) is 0 Å². The normalized spacial score (nSPS) is 23.9. The molecule has 0 aromatic heterocycles.